The molecule has 1 aromatic carbocycles. The van der Waals surface area contributed by atoms with E-state index in [0.29, 0.717) is 22.8 Å². The van der Waals surface area contributed by atoms with E-state index in [4.69, 9.17) is 13.6 Å². The maximum Gasteiger partial charge on any atom is 0.325 e. The lowest BCUT2D eigenvalue weighted by atomic mass is 9.92. The van der Waals surface area contributed by atoms with Crippen molar-refractivity contribution in [1.29, 1.82) is 0 Å². The number of ether oxygens (including phenoxy) is 1. The van der Waals surface area contributed by atoms with Gasteiger partial charge in [0.05, 0.1) is 32.7 Å². The molecular formula is C23H23N3O6. The second-order valence-corrected chi connectivity index (χ2v) is 7.58. The summed E-state index contributed by atoms with van der Waals surface area (Å²) in [6.45, 7) is 1.55. The summed E-state index contributed by atoms with van der Waals surface area (Å²) in [7, 11) is 1.55. The number of hydrogen-bond acceptors (Lipinski definition) is 6. The molecule has 1 aliphatic heterocycles. The second-order valence-electron chi connectivity index (χ2n) is 7.58. The molecule has 3 aromatic rings. The van der Waals surface area contributed by atoms with Gasteiger partial charge < -0.3 is 23.8 Å². The summed E-state index contributed by atoms with van der Waals surface area (Å²) in [6.07, 6.45) is 3.03. The number of urea groups is 1. The third-order valence-electron chi connectivity index (χ3n) is 5.44. The van der Waals surface area contributed by atoms with Gasteiger partial charge in [-0.3, -0.25) is 14.5 Å². The normalized spacial score (nSPS) is 18.0. The van der Waals surface area contributed by atoms with E-state index < -0.39 is 29.9 Å². The summed E-state index contributed by atoms with van der Waals surface area (Å²) in [5, 5.41) is 2.71. The number of nitrogens with one attached hydrogen (secondary N) is 1. The van der Waals surface area contributed by atoms with E-state index in [1.807, 2.05) is 0 Å². The van der Waals surface area contributed by atoms with Crippen molar-refractivity contribution < 1.29 is 28.0 Å². The fraction of sp³-hybridized carbons (Fsp3) is 0.261. The monoisotopic (exact) mass is 437 g/mol. The summed E-state index contributed by atoms with van der Waals surface area (Å²) in [6, 6.07) is 13.2. The molecule has 0 spiro atoms. The lowest BCUT2D eigenvalue weighted by molar-refractivity contribution is -0.139. The average Bonchev–Trinajstić information content (AvgIpc) is 3.54. The number of rotatable bonds is 8. The third kappa shape index (κ3) is 4.09. The van der Waals surface area contributed by atoms with Crippen LogP contribution in [0, 0.1) is 0 Å². The predicted octanol–water partition coefficient (Wildman–Crippen LogP) is 2.88. The first-order valence-electron chi connectivity index (χ1n) is 10.0. The maximum absolute atomic E-state index is 13.2. The van der Waals surface area contributed by atoms with E-state index in [9.17, 15) is 14.4 Å². The Bertz CT molecular complexity index is 1060. The van der Waals surface area contributed by atoms with Crippen LogP contribution in [0.1, 0.15) is 24.0 Å². The summed E-state index contributed by atoms with van der Waals surface area (Å²) >= 11 is 0. The van der Waals surface area contributed by atoms with Crippen molar-refractivity contribution in [1.82, 2.24) is 15.1 Å². The van der Waals surface area contributed by atoms with Crippen LogP contribution >= 0.6 is 0 Å². The van der Waals surface area contributed by atoms with Crippen LogP contribution in [0.15, 0.2) is 69.9 Å². The van der Waals surface area contributed by atoms with E-state index in [0.717, 1.165) is 4.90 Å². The highest BCUT2D eigenvalue weighted by Gasteiger charge is 2.49. The number of nitrogens with zero attached hydrogens (tertiary/aromatic N) is 2. The molecule has 0 bridgehead atoms. The van der Waals surface area contributed by atoms with Crippen LogP contribution in [0.2, 0.25) is 0 Å². The van der Waals surface area contributed by atoms with Crippen molar-refractivity contribution in [3.63, 3.8) is 0 Å². The highest BCUT2D eigenvalue weighted by molar-refractivity contribution is 6.09. The molecule has 1 saturated heterocycles. The molecule has 0 aliphatic carbocycles. The van der Waals surface area contributed by atoms with Gasteiger partial charge in [-0.05, 0) is 48.9 Å². The lowest BCUT2D eigenvalue weighted by Crippen LogP contribution is -2.44. The third-order valence-corrected chi connectivity index (χ3v) is 5.44. The molecule has 1 atom stereocenters. The Balaban J connectivity index is 1.52. The van der Waals surface area contributed by atoms with Crippen molar-refractivity contribution in [3.8, 4) is 5.75 Å². The van der Waals surface area contributed by atoms with Crippen molar-refractivity contribution in [2.24, 2.45) is 0 Å². The zero-order chi connectivity index (χ0) is 22.7. The minimum atomic E-state index is -1.28. The van der Waals surface area contributed by atoms with Crippen molar-refractivity contribution in [2.45, 2.75) is 25.6 Å². The number of methoxy groups -OCH3 is 1. The van der Waals surface area contributed by atoms with Gasteiger partial charge in [0, 0.05) is 0 Å². The Morgan fingerprint density at radius 3 is 2.12 bits per heavy atom. The van der Waals surface area contributed by atoms with E-state index in [-0.39, 0.29) is 13.1 Å². The van der Waals surface area contributed by atoms with Gasteiger partial charge >= 0.3 is 6.03 Å². The van der Waals surface area contributed by atoms with Gasteiger partial charge in [0.15, 0.2) is 0 Å². The molecule has 1 fully saturated rings. The molecule has 3 heterocycles. The smallest absolute Gasteiger partial charge is 0.325 e. The van der Waals surface area contributed by atoms with Crippen molar-refractivity contribution in [2.75, 3.05) is 13.7 Å². The minimum absolute atomic E-state index is 0.173. The van der Waals surface area contributed by atoms with E-state index >= 15 is 0 Å². The highest BCUT2D eigenvalue weighted by atomic mass is 16.5. The highest BCUT2D eigenvalue weighted by Crippen LogP contribution is 2.30. The van der Waals surface area contributed by atoms with Crippen LogP contribution in [0.25, 0.3) is 0 Å². The van der Waals surface area contributed by atoms with Gasteiger partial charge in [0.2, 0.25) is 5.91 Å². The second kappa shape index (κ2) is 8.62. The van der Waals surface area contributed by atoms with Gasteiger partial charge in [0.1, 0.15) is 29.4 Å². The van der Waals surface area contributed by atoms with Gasteiger partial charge in [-0.25, -0.2) is 4.79 Å². The number of imide groups is 1. The number of carbonyl (C=O) groups excluding carboxylic acids is 3. The quantitative estimate of drug-likeness (QED) is 0.544. The SMILES string of the molecule is COc1ccc(C2(C)NC(=O)N(CC(=O)N(Cc3ccco3)Cc3ccco3)C2=O)cc1. The zero-order valence-corrected chi connectivity index (χ0v) is 17.7. The molecule has 9 nitrogen and oxygen atoms in total. The summed E-state index contributed by atoms with van der Waals surface area (Å²) in [5.41, 5.74) is -0.689. The summed E-state index contributed by atoms with van der Waals surface area (Å²) < 4.78 is 15.9. The Kier molecular flexibility index (Phi) is 5.72. The molecule has 4 amide bonds. The first-order chi connectivity index (χ1) is 15.4. The number of hydrogen-bond donors (Lipinski definition) is 1. The summed E-state index contributed by atoms with van der Waals surface area (Å²) in [5.74, 6) is 0.861. The molecule has 2 aromatic heterocycles. The van der Waals surface area contributed by atoms with E-state index in [2.05, 4.69) is 5.32 Å². The molecule has 1 aliphatic rings. The first-order valence-corrected chi connectivity index (χ1v) is 10.0. The standard InChI is InChI=1S/C23H23N3O6/c1-23(16-7-9-17(30-2)10-8-16)21(28)26(22(29)24-23)15-20(27)25(13-18-5-3-11-31-18)14-19-6-4-12-32-19/h3-12H,13-15H2,1-2H3,(H,24,29). The molecule has 0 saturated carbocycles. The number of amides is 4. The van der Waals surface area contributed by atoms with Crippen molar-refractivity contribution >= 4 is 17.8 Å². The number of carbonyl (C=O) groups is 3. The van der Waals surface area contributed by atoms with Crippen LogP contribution in [-0.2, 0) is 28.2 Å². The van der Waals surface area contributed by atoms with Crippen LogP contribution in [-0.4, -0.2) is 41.3 Å². The molecule has 0 radical (unpaired) electrons. The Morgan fingerprint density at radius 2 is 1.62 bits per heavy atom. The fourth-order valence-electron chi connectivity index (χ4n) is 3.61. The molecular weight excluding hydrogens is 414 g/mol. The molecule has 32 heavy (non-hydrogen) atoms. The predicted molar refractivity (Wildman–Crippen MR) is 112 cm³/mol. The van der Waals surface area contributed by atoms with Crippen LogP contribution < -0.4 is 10.1 Å². The minimum Gasteiger partial charge on any atom is -0.497 e. The van der Waals surface area contributed by atoms with Crippen LogP contribution in [0.4, 0.5) is 4.79 Å². The topological polar surface area (TPSA) is 105 Å². The maximum atomic E-state index is 13.2. The van der Waals surface area contributed by atoms with Crippen molar-refractivity contribution in [3.05, 3.63) is 78.1 Å². The molecule has 4 rings (SSSR count). The van der Waals surface area contributed by atoms with Gasteiger partial charge in [0.25, 0.3) is 5.91 Å². The number of furan rings is 2. The Morgan fingerprint density at radius 1 is 1.03 bits per heavy atom. The largest absolute Gasteiger partial charge is 0.497 e. The lowest BCUT2D eigenvalue weighted by Gasteiger charge is -2.24. The molecule has 1 N–H and O–H groups in total. The van der Waals surface area contributed by atoms with Gasteiger partial charge in [-0.1, -0.05) is 12.1 Å². The van der Waals surface area contributed by atoms with E-state index in [1.165, 1.54) is 17.4 Å². The zero-order valence-electron chi connectivity index (χ0n) is 17.7. The van der Waals surface area contributed by atoms with Gasteiger partial charge in [-0.2, -0.15) is 0 Å². The fourth-order valence-corrected chi connectivity index (χ4v) is 3.61. The molecule has 1 unspecified atom stereocenters. The Labute approximate surface area is 184 Å². The molecule has 166 valence electrons. The first kappa shape index (κ1) is 21.2. The van der Waals surface area contributed by atoms with E-state index in [1.54, 1.807) is 62.6 Å². The number of benzene rings is 1. The van der Waals surface area contributed by atoms with Crippen LogP contribution in [0.3, 0.4) is 0 Å². The van der Waals surface area contributed by atoms with Crippen LogP contribution in [0.5, 0.6) is 5.75 Å². The Hall–Kier alpha value is -4.01. The summed E-state index contributed by atoms with van der Waals surface area (Å²) in [4.78, 5) is 41.4. The van der Waals surface area contributed by atoms with Gasteiger partial charge in [-0.15, -0.1) is 0 Å². The average molecular weight is 437 g/mol. The molecule has 9 heteroatoms.